The predicted octanol–water partition coefficient (Wildman–Crippen LogP) is 4.67. The number of hydrogen-bond donors (Lipinski definition) is 1. The molecule has 0 aliphatic heterocycles. The van der Waals surface area contributed by atoms with Crippen molar-refractivity contribution < 1.29 is 4.74 Å². The summed E-state index contributed by atoms with van der Waals surface area (Å²) < 4.78 is 7.79. The lowest BCUT2D eigenvalue weighted by Gasteiger charge is -2.07. The number of benzene rings is 2. The Hall–Kier alpha value is -2.44. The normalized spacial score (nSPS) is 11.2. The van der Waals surface area contributed by atoms with Gasteiger partial charge in [-0.05, 0) is 67.0 Å². The van der Waals surface area contributed by atoms with Crippen molar-refractivity contribution >= 4 is 30.0 Å². The first-order valence-electron chi connectivity index (χ1n) is 7.68. The first-order chi connectivity index (χ1) is 12.0. The van der Waals surface area contributed by atoms with Crippen LogP contribution in [0.15, 0.2) is 47.6 Å². The van der Waals surface area contributed by atoms with Crippen molar-refractivity contribution in [1.82, 2.24) is 14.9 Å². The molecule has 3 rings (SSSR count). The summed E-state index contributed by atoms with van der Waals surface area (Å²) in [7, 11) is 0. The maximum absolute atomic E-state index is 5.89. The van der Waals surface area contributed by atoms with Crippen LogP contribution >= 0.6 is 23.8 Å². The van der Waals surface area contributed by atoms with E-state index in [-0.39, 0.29) is 6.61 Å². The third-order valence-electron chi connectivity index (χ3n) is 3.47. The van der Waals surface area contributed by atoms with Crippen LogP contribution in [0.3, 0.4) is 0 Å². The van der Waals surface area contributed by atoms with E-state index >= 15 is 0 Å². The van der Waals surface area contributed by atoms with E-state index in [2.05, 4.69) is 21.4 Å². The van der Waals surface area contributed by atoms with Gasteiger partial charge in [0.25, 0.3) is 0 Å². The van der Waals surface area contributed by atoms with Crippen LogP contribution in [-0.4, -0.2) is 21.1 Å². The Morgan fingerprint density at radius 2 is 1.88 bits per heavy atom. The number of nitrogens with one attached hydrogen (secondary N) is 1. The number of ether oxygens (including phenoxy) is 1. The van der Waals surface area contributed by atoms with E-state index in [4.69, 9.17) is 28.6 Å². The monoisotopic (exact) mass is 372 g/mol. The molecule has 0 saturated heterocycles. The number of hydrogen-bond acceptors (Lipinski definition) is 4. The van der Waals surface area contributed by atoms with E-state index < -0.39 is 0 Å². The Balaban J connectivity index is 1.77. The van der Waals surface area contributed by atoms with E-state index in [1.807, 2.05) is 50.2 Å². The van der Waals surface area contributed by atoms with Crippen LogP contribution in [0.25, 0.3) is 0 Å². The molecule has 1 aromatic heterocycles. The van der Waals surface area contributed by atoms with Gasteiger partial charge in [0.2, 0.25) is 4.77 Å². The van der Waals surface area contributed by atoms with Crippen molar-refractivity contribution in [3.8, 4) is 5.75 Å². The van der Waals surface area contributed by atoms with Crippen LogP contribution in [0, 0.1) is 18.6 Å². The predicted molar refractivity (Wildman–Crippen MR) is 102 cm³/mol. The Morgan fingerprint density at radius 1 is 1.20 bits per heavy atom. The van der Waals surface area contributed by atoms with Crippen molar-refractivity contribution in [1.29, 1.82) is 0 Å². The van der Waals surface area contributed by atoms with Gasteiger partial charge >= 0.3 is 0 Å². The summed E-state index contributed by atoms with van der Waals surface area (Å²) in [6, 6.07) is 13.4. The van der Waals surface area contributed by atoms with Gasteiger partial charge in [0.1, 0.15) is 12.4 Å². The molecule has 0 aliphatic rings. The minimum absolute atomic E-state index is 0.258. The molecule has 0 amide bonds. The summed E-state index contributed by atoms with van der Waals surface area (Å²) >= 11 is 11.1. The largest absolute Gasteiger partial charge is 0.486 e. The van der Waals surface area contributed by atoms with Crippen molar-refractivity contribution in [2.24, 2.45) is 5.10 Å². The molecule has 0 aliphatic carbocycles. The highest BCUT2D eigenvalue weighted by Gasteiger charge is 2.07. The van der Waals surface area contributed by atoms with E-state index in [0.717, 1.165) is 22.4 Å². The quantitative estimate of drug-likeness (QED) is 0.523. The second kappa shape index (κ2) is 7.63. The summed E-state index contributed by atoms with van der Waals surface area (Å²) in [6.45, 7) is 4.33. The molecular weight excluding hydrogens is 356 g/mol. The molecule has 0 radical (unpaired) electrons. The summed E-state index contributed by atoms with van der Waals surface area (Å²) in [5, 5.41) is 12.0. The average molecular weight is 373 g/mol. The fourth-order valence-corrected chi connectivity index (χ4v) is 2.70. The first kappa shape index (κ1) is 17.4. The van der Waals surface area contributed by atoms with Crippen molar-refractivity contribution in [3.63, 3.8) is 0 Å². The molecule has 0 bridgehead atoms. The third-order valence-corrected chi connectivity index (χ3v) is 3.99. The number of aryl methyl sites for hydroxylation is 2. The summed E-state index contributed by atoms with van der Waals surface area (Å²) in [5.41, 5.74) is 3.21. The lowest BCUT2D eigenvalue weighted by molar-refractivity contribution is 0.290. The number of aromatic nitrogens is 3. The lowest BCUT2D eigenvalue weighted by Crippen LogP contribution is -2.04. The lowest BCUT2D eigenvalue weighted by atomic mass is 10.1. The summed E-state index contributed by atoms with van der Waals surface area (Å²) in [6.07, 6.45) is 1.70. The van der Waals surface area contributed by atoms with Crippen LogP contribution in [0.1, 0.15) is 22.5 Å². The standard InChI is InChI=1S/C18H17ClN4OS/c1-12-7-13(2)9-16(8-12)24-11-17-21-22-18(25)23(17)20-10-14-3-5-15(19)6-4-14/h3-10H,11H2,1-2H3,(H,22,25)/b20-10-. The van der Waals surface area contributed by atoms with E-state index in [1.165, 1.54) is 0 Å². The van der Waals surface area contributed by atoms with Gasteiger partial charge < -0.3 is 4.74 Å². The van der Waals surface area contributed by atoms with Gasteiger partial charge in [0.15, 0.2) is 5.82 Å². The molecule has 0 atom stereocenters. The maximum atomic E-state index is 5.89. The van der Waals surface area contributed by atoms with Gasteiger partial charge in [0.05, 0.1) is 6.21 Å². The van der Waals surface area contributed by atoms with E-state index in [1.54, 1.807) is 10.9 Å². The van der Waals surface area contributed by atoms with Gasteiger partial charge in [-0.3, -0.25) is 0 Å². The molecule has 0 fully saturated rings. The van der Waals surface area contributed by atoms with Gasteiger partial charge in [-0.15, -0.1) is 0 Å². The average Bonchev–Trinajstić information content (AvgIpc) is 2.92. The SMILES string of the molecule is Cc1cc(C)cc(OCc2n[nH]c(=S)n2/N=C\c2ccc(Cl)cc2)c1. The number of H-pyrrole nitrogens is 1. The van der Waals surface area contributed by atoms with E-state index in [0.29, 0.717) is 15.6 Å². The fourth-order valence-electron chi connectivity index (χ4n) is 2.37. The van der Waals surface area contributed by atoms with Gasteiger partial charge in [-0.1, -0.05) is 29.8 Å². The van der Waals surface area contributed by atoms with Gasteiger partial charge in [-0.25, -0.2) is 5.10 Å². The molecule has 0 spiro atoms. The van der Waals surface area contributed by atoms with Crippen LogP contribution in [0.5, 0.6) is 5.75 Å². The third kappa shape index (κ3) is 4.55. The van der Waals surface area contributed by atoms with Gasteiger partial charge in [-0.2, -0.15) is 14.9 Å². The second-order valence-corrected chi connectivity index (χ2v) is 6.49. The Kier molecular flexibility index (Phi) is 5.31. The molecule has 0 saturated carbocycles. The zero-order valence-electron chi connectivity index (χ0n) is 13.9. The zero-order chi connectivity index (χ0) is 17.8. The molecule has 25 heavy (non-hydrogen) atoms. The van der Waals surface area contributed by atoms with E-state index in [9.17, 15) is 0 Å². The highest BCUT2D eigenvalue weighted by atomic mass is 35.5. The van der Waals surface area contributed by atoms with Crippen molar-refractivity contribution in [3.05, 3.63) is 74.8 Å². The fraction of sp³-hybridized carbons (Fsp3) is 0.167. The highest BCUT2D eigenvalue weighted by molar-refractivity contribution is 7.71. The number of rotatable bonds is 5. The minimum Gasteiger partial charge on any atom is -0.486 e. The molecule has 7 heteroatoms. The van der Waals surface area contributed by atoms with Crippen LogP contribution in [-0.2, 0) is 6.61 Å². The van der Waals surface area contributed by atoms with Crippen LogP contribution in [0.2, 0.25) is 5.02 Å². The van der Waals surface area contributed by atoms with Gasteiger partial charge in [0, 0.05) is 5.02 Å². The Bertz CT molecular complexity index is 940. The Morgan fingerprint density at radius 3 is 2.56 bits per heavy atom. The summed E-state index contributed by atoms with van der Waals surface area (Å²) in [4.78, 5) is 0. The molecule has 3 aromatic rings. The zero-order valence-corrected chi connectivity index (χ0v) is 15.4. The molecule has 2 aromatic carbocycles. The smallest absolute Gasteiger partial charge is 0.216 e. The maximum Gasteiger partial charge on any atom is 0.216 e. The van der Waals surface area contributed by atoms with Crippen LogP contribution in [0.4, 0.5) is 0 Å². The minimum atomic E-state index is 0.258. The number of aromatic amines is 1. The summed E-state index contributed by atoms with van der Waals surface area (Å²) in [5.74, 6) is 1.38. The molecule has 5 nitrogen and oxygen atoms in total. The van der Waals surface area contributed by atoms with Crippen molar-refractivity contribution in [2.75, 3.05) is 0 Å². The Labute approximate surface area is 155 Å². The number of nitrogens with zero attached hydrogens (tertiary/aromatic N) is 3. The topological polar surface area (TPSA) is 55.2 Å². The molecule has 1 N–H and O–H groups in total. The van der Waals surface area contributed by atoms with Crippen LogP contribution < -0.4 is 4.74 Å². The second-order valence-electron chi connectivity index (χ2n) is 5.67. The first-order valence-corrected chi connectivity index (χ1v) is 8.47. The molecule has 128 valence electrons. The van der Waals surface area contributed by atoms with Crippen molar-refractivity contribution in [2.45, 2.75) is 20.5 Å². The molecule has 1 heterocycles. The molecule has 0 unspecified atom stereocenters. The number of halogens is 1. The highest BCUT2D eigenvalue weighted by Crippen LogP contribution is 2.17. The molecular formula is C18H17ClN4OS.